The van der Waals surface area contributed by atoms with Gasteiger partial charge in [-0.15, -0.1) is 11.8 Å². The average Bonchev–Trinajstić information content (AvgIpc) is 2.59. The standard InChI is InChI=1S/C19H24N2O2S/c1-21(2)13-16-7-5-4-6-15(16)12-20-19(22)14-24-18-10-8-17(23-3)9-11-18/h4-11H,12-14H2,1-3H3,(H,20,22). The summed E-state index contributed by atoms with van der Waals surface area (Å²) in [6.45, 7) is 1.43. The second-order valence-electron chi connectivity index (χ2n) is 5.75. The van der Waals surface area contributed by atoms with Gasteiger partial charge in [0.05, 0.1) is 12.9 Å². The van der Waals surface area contributed by atoms with E-state index in [1.807, 2.05) is 50.5 Å². The van der Waals surface area contributed by atoms with Crippen molar-refractivity contribution in [1.82, 2.24) is 10.2 Å². The van der Waals surface area contributed by atoms with Gasteiger partial charge >= 0.3 is 0 Å². The molecule has 0 spiro atoms. The molecule has 0 aliphatic carbocycles. The molecule has 0 heterocycles. The predicted molar refractivity (Wildman–Crippen MR) is 99.4 cm³/mol. The van der Waals surface area contributed by atoms with Crippen molar-refractivity contribution in [2.45, 2.75) is 18.0 Å². The van der Waals surface area contributed by atoms with E-state index in [1.54, 1.807) is 7.11 Å². The number of nitrogens with one attached hydrogen (secondary N) is 1. The van der Waals surface area contributed by atoms with Crippen molar-refractivity contribution in [3.05, 3.63) is 59.7 Å². The van der Waals surface area contributed by atoms with Gasteiger partial charge < -0.3 is 15.0 Å². The van der Waals surface area contributed by atoms with Crippen LogP contribution >= 0.6 is 11.8 Å². The maximum atomic E-state index is 12.1. The number of hydrogen-bond acceptors (Lipinski definition) is 4. The third-order valence-electron chi connectivity index (χ3n) is 3.51. The van der Waals surface area contributed by atoms with E-state index in [0.29, 0.717) is 12.3 Å². The number of rotatable bonds is 8. The van der Waals surface area contributed by atoms with Gasteiger partial charge in [0.25, 0.3) is 0 Å². The maximum absolute atomic E-state index is 12.1. The first-order valence-corrected chi connectivity index (χ1v) is 8.82. The molecule has 0 fully saturated rings. The van der Waals surface area contributed by atoms with Crippen LogP contribution in [0.15, 0.2) is 53.4 Å². The molecule has 2 rings (SSSR count). The highest BCUT2D eigenvalue weighted by molar-refractivity contribution is 8.00. The van der Waals surface area contributed by atoms with Crippen LogP contribution in [0.2, 0.25) is 0 Å². The van der Waals surface area contributed by atoms with Crippen LogP contribution in [-0.4, -0.2) is 37.8 Å². The first kappa shape index (κ1) is 18.4. The largest absolute Gasteiger partial charge is 0.497 e. The van der Waals surface area contributed by atoms with Crippen molar-refractivity contribution < 1.29 is 9.53 Å². The van der Waals surface area contributed by atoms with Gasteiger partial charge in [-0.1, -0.05) is 24.3 Å². The van der Waals surface area contributed by atoms with Crippen molar-refractivity contribution in [3.8, 4) is 5.75 Å². The van der Waals surface area contributed by atoms with Crippen LogP contribution in [0.4, 0.5) is 0 Å². The first-order valence-electron chi connectivity index (χ1n) is 7.83. The molecule has 1 amide bonds. The third kappa shape index (κ3) is 5.91. The number of carbonyl (C=O) groups excluding carboxylic acids is 1. The summed E-state index contributed by atoms with van der Waals surface area (Å²) in [6.07, 6.45) is 0. The van der Waals surface area contributed by atoms with Crippen LogP contribution in [0, 0.1) is 0 Å². The van der Waals surface area contributed by atoms with E-state index in [4.69, 9.17) is 4.74 Å². The highest BCUT2D eigenvalue weighted by Crippen LogP contribution is 2.21. The van der Waals surface area contributed by atoms with Gasteiger partial charge in [-0.05, 0) is 49.5 Å². The topological polar surface area (TPSA) is 41.6 Å². The van der Waals surface area contributed by atoms with Gasteiger partial charge in [0, 0.05) is 18.0 Å². The predicted octanol–water partition coefficient (Wildman–Crippen LogP) is 3.17. The Kier molecular flexibility index (Phi) is 7.15. The lowest BCUT2D eigenvalue weighted by Gasteiger charge is -2.14. The number of carbonyl (C=O) groups is 1. The summed E-state index contributed by atoms with van der Waals surface area (Å²) in [5.41, 5.74) is 2.40. The van der Waals surface area contributed by atoms with Crippen LogP contribution in [0.3, 0.4) is 0 Å². The molecule has 2 aromatic rings. The van der Waals surface area contributed by atoms with Crippen LogP contribution in [-0.2, 0) is 17.9 Å². The Bertz CT molecular complexity index is 657. The highest BCUT2D eigenvalue weighted by atomic mass is 32.2. The first-order chi connectivity index (χ1) is 11.6. The van der Waals surface area contributed by atoms with Crippen molar-refractivity contribution in [2.75, 3.05) is 27.0 Å². The fraction of sp³-hybridized carbons (Fsp3) is 0.316. The van der Waals surface area contributed by atoms with Crippen molar-refractivity contribution in [1.29, 1.82) is 0 Å². The van der Waals surface area contributed by atoms with E-state index in [9.17, 15) is 4.79 Å². The lowest BCUT2D eigenvalue weighted by atomic mass is 10.1. The number of amides is 1. The summed E-state index contributed by atoms with van der Waals surface area (Å²) in [7, 11) is 5.73. The van der Waals surface area contributed by atoms with E-state index in [0.717, 1.165) is 22.8 Å². The van der Waals surface area contributed by atoms with Gasteiger partial charge in [0.2, 0.25) is 5.91 Å². The molecule has 0 aliphatic heterocycles. The number of ether oxygens (including phenoxy) is 1. The Labute approximate surface area is 148 Å². The van der Waals surface area contributed by atoms with E-state index in [1.165, 1.54) is 17.3 Å². The van der Waals surface area contributed by atoms with Gasteiger partial charge in [-0.25, -0.2) is 0 Å². The van der Waals surface area contributed by atoms with Crippen molar-refractivity contribution >= 4 is 17.7 Å². The zero-order valence-corrected chi connectivity index (χ0v) is 15.2. The third-order valence-corrected chi connectivity index (χ3v) is 4.52. The second-order valence-corrected chi connectivity index (χ2v) is 6.80. The van der Waals surface area contributed by atoms with Gasteiger partial charge in [0.15, 0.2) is 0 Å². The van der Waals surface area contributed by atoms with E-state index < -0.39 is 0 Å². The van der Waals surface area contributed by atoms with Gasteiger partial charge in [-0.2, -0.15) is 0 Å². The van der Waals surface area contributed by atoms with E-state index >= 15 is 0 Å². The fourth-order valence-corrected chi connectivity index (χ4v) is 3.02. The quantitative estimate of drug-likeness (QED) is 0.747. The van der Waals surface area contributed by atoms with Gasteiger partial charge in [0.1, 0.15) is 5.75 Å². The van der Waals surface area contributed by atoms with E-state index in [-0.39, 0.29) is 5.91 Å². The molecule has 0 atom stereocenters. The van der Waals surface area contributed by atoms with E-state index in [2.05, 4.69) is 22.3 Å². The molecule has 0 unspecified atom stereocenters. The van der Waals surface area contributed by atoms with Crippen LogP contribution in [0.25, 0.3) is 0 Å². The Morgan fingerprint density at radius 2 is 1.75 bits per heavy atom. The molecule has 2 aromatic carbocycles. The van der Waals surface area contributed by atoms with Crippen LogP contribution in [0.5, 0.6) is 5.75 Å². The average molecular weight is 344 g/mol. The highest BCUT2D eigenvalue weighted by Gasteiger charge is 2.06. The monoisotopic (exact) mass is 344 g/mol. The molecule has 4 nitrogen and oxygen atoms in total. The SMILES string of the molecule is COc1ccc(SCC(=O)NCc2ccccc2CN(C)C)cc1. The Hall–Kier alpha value is -1.98. The summed E-state index contributed by atoms with van der Waals surface area (Å²) in [5.74, 6) is 1.26. The second kappa shape index (κ2) is 9.35. The summed E-state index contributed by atoms with van der Waals surface area (Å²) in [6, 6.07) is 15.9. The molecule has 0 bridgehead atoms. The minimum atomic E-state index is 0.0375. The van der Waals surface area contributed by atoms with Crippen molar-refractivity contribution in [3.63, 3.8) is 0 Å². The number of methoxy groups -OCH3 is 1. The minimum absolute atomic E-state index is 0.0375. The smallest absolute Gasteiger partial charge is 0.230 e. The molecule has 128 valence electrons. The molecule has 0 saturated carbocycles. The molecular weight excluding hydrogens is 320 g/mol. The molecule has 0 saturated heterocycles. The van der Waals surface area contributed by atoms with Crippen LogP contribution in [0.1, 0.15) is 11.1 Å². The molecular formula is C19H24N2O2S. The minimum Gasteiger partial charge on any atom is -0.497 e. The maximum Gasteiger partial charge on any atom is 0.230 e. The summed E-state index contributed by atoms with van der Waals surface area (Å²) < 4.78 is 5.13. The molecule has 24 heavy (non-hydrogen) atoms. The van der Waals surface area contributed by atoms with Crippen molar-refractivity contribution in [2.24, 2.45) is 0 Å². The Morgan fingerprint density at radius 3 is 2.38 bits per heavy atom. The lowest BCUT2D eigenvalue weighted by Crippen LogP contribution is -2.25. The normalized spacial score (nSPS) is 10.7. The zero-order valence-electron chi connectivity index (χ0n) is 14.4. The zero-order chi connectivity index (χ0) is 17.4. The summed E-state index contributed by atoms with van der Waals surface area (Å²) in [4.78, 5) is 15.3. The summed E-state index contributed by atoms with van der Waals surface area (Å²) in [5, 5.41) is 3.00. The molecule has 0 aromatic heterocycles. The molecule has 5 heteroatoms. The summed E-state index contributed by atoms with van der Waals surface area (Å²) >= 11 is 1.52. The lowest BCUT2D eigenvalue weighted by molar-refractivity contribution is -0.118. The Morgan fingerprint density at radius 1 is 1.08 bits per heavy atom. The number of hydrogen-bond donors (Lipinski definition) is 1. The number of nitrogens with zero attached hydrogens (tertiary/aromatic N) is 1. The molecule has 1 N–H and O–H groups in total. The van der Waals surface area contributed by atoms with Crippen LogP contribution < -0.4 is 10.1 Å². The number of thioether (sulfide) groups is 1. The van der Waals surface area contributed by atoms with Gasteiger partial charge in [-0.3, -0.25) is 4.79 Å². The number of benzene rings is 2. The molecule has 0 radical (unpaired) electrons. The fourth-order valence-electron chi connectivity index (χ4n) is 2.29. The Balaban J connectivity index is 1.82. The molecule has 0 aliphatic rings.